The average molecular weight is 536 g/mol. The first-order chi connectivity index (χ1) is 16.1. The van der Waals surface area contributed by atoms with Crippen LogP contribution in [0.2, 0.25) is 10.0 Å². The van der Waals surface area contributed by atoms with Crippen molar-refractivity contribution in [3.8, 4) is 6.07 Å². The number of nitrogens with zero attached hydrogens (tertiary/aromatic N) is 1. The van der Waals surface area contributed by atoms with E-state index < -0.39 is 27.9 Å². The first-order valence-electron chi connectivity index (χ1n) is 10.1. The number of benzene rings is 3. The van der Waals surface area contributed by atoms with Crippen LogP contribution in [0.25, 0.3) is 0 Å². The maximum atomic E-state index is 13.1. The highest BCUT2D eigenvalue weighted by Crippen LogP contribution is 2.65. The fraction of sp³-hybridized carbons (Fsp3) is 0.160. The highest BCUT2D eigenvalue weighted by atomic mass is 35.5. The summed E-state index contributed by atoms with van der Waals surface area (Å²) in [4.78, 5) is 25.8. The van der Waals surface area contributed by atoms with Crippen LogP contribution in [0, 0.1) is 23.1 Å². The maximum absolute atomic E-state index is 13.1. The molecule has 0 aliphatic heterocycles. The Balaban J connectivity index is 1.54. The zero-order valence-electron chi connectivity index (χ0n) is 17.3. The van der Waals surface area contributed by atoms with Gasteiger partial charge in [0.25, 0.3) is 0 Å². The van der Waals surface area contributed by atoms with E-state index in [0.717, 1.165) is 0 Å². The molecule has 0 saturated heterocycles. The van der Waals surface area contributed by atoms with Crippen LogP contribution in [0.15, 0.2) is 60.7 Å². The Labute approximate surface area is 215 Å². The van der Waals surface area contributed by atoms with E-state index in [9.17, 15) is 19.2 Å². The summed E-state index contributed by atoms with van der Waals surface area (Å²) in [6, 6.07) is 16.8. The number of ketones is 1. The van der Waals surface area contributed by atoms with Crippen molar-refractivity contribution >= 4 is 63.8 Å². The van der Waals surface area contributed by atoms with Gasteiger partial charge < -0.3 is 5.32 Å². The predicted octanol–water partition coefficient (Wildman–Crippen LogP) is 6.96. The van der Waals surface area contributed by atoms with Crippen molar-refractivity contribution in [1.82, 2.24) is 0 Å². The van der Waals surface area contributed by atoms with Gasteiger partial charge in [0, 0.05) is 33.6 Å². The van der Waals surface area contributed by atoms with Crippen molar-refractivity contribution in [3.63, 3.8) is 0 Å². The quantitative estimate of drug-likeness (QED) is 0.274. The molecule has 3 aromatic carbocycles. The predicted molar refractivity (Wildman–Crippen MR) is 131 cm³/mol. The molecule has 1 fully saturated rings. The lowest BCUT2D eigenvalue weighted by Gasteiger charge is -2.09. The molecule has 2 atom stereocenters. The van der Waals surface area contributed by atoms with Gasteiger partial charge in [0.2, 0.25) is 5.91 Å². The van der Waals surface area contributed by atoms with E-state index in [1.165, 1.54) is 42.5 Å². The smallest absolute Gasteiger partial charge is 0.231 e. The van der Waals surface area contributed by atoms with E-state index >= 15 is 0 Å². The second kappa shape index (κ2) is 9.56. The van der Waals surface area contributed by atoms with Gasteiger partial charge in [0.05, 0.1) is 17.6 Å². The van der Waals surface area contributed by atoms with E-state index in [4.69, 9.17) is 46.4 Å². The molecule has 2 unspecified atom stereocenters. The summed E-state index contributed by atoms with van der Waals surface area (Å²) in [6.07, 6.45) is -0.0287. The Morgan fingerprint density at radius 2 is 1.65 bits per heavy atom. The van der Waals surface area contributed by atoms with E-state index in [1.54, 1.807) is 18.2 Å². The number of nitriles is 1. The number of halogens is 5. The summed E-state index contributed by atoms with van der Waals surface area (Å²) in [5, 5.41) is 12.9. The number of carbonyl (C=O) groups is 2. The molecule has 0 aromatic heterocycles. The molecular weight excluding hydrogens is 521 g/mol. The maximum Gasteiger partial charge on any atom is 0.231 e. The molecule has 9 heteroatoms. The summed E-state index contributed by atoms with van der Waals surface area (Å²) < 4.78 is 11.8. The summed E-state index contributed by atoms with van der Waals surface area (Å²) in [5.41, 5.74) is 1.84. The molecule has 0 spiro atoms. The summed E-state index contributed by atoms with van der Waals surface area (Å²) in [5.74, 6) is -2.51. The number of hydrogen-bond acceptors (Lipinski definition) is 3. The van der Waals surface area contributed by atoms with Crippen molar-refractivity contribution in [2.75, 3.05) is 5.32 Å². The van der Waals surface area contributed by atoms with E-state index in [1.807, 2.05) is 6.07 Å². The Kier molecular flexibility index (Phi) is 6.89. The monoisotopic (exact) mass is 534 g/mol. The highest BCUT2D eigenvalue weighted by Gasteiger charge is 2.67. The topological polar surface area (TPSA) is 70.0 Å². The standard InChI is InChI=1S/C25H15Cl4FN2O2/c26-16-8-15(9-17(27)10-16)22-23(25(22,28)29)24(34)32-19-6-3-14(12-31)20(11-19)21(33)7-13-1-4-18(30)5-2-13/h1-6,8-11,22-23H,7H2,(H,32,34). The van der Waals surface area contributed by atoms with Crippen LogP contribution >= 0.6 is 46.4 Å². The van der Waals surface area contributed by atoms with Crippen molar-refractivity contribution < 1.29 is 14.0 Å². The number of anilines is 1. The summed E-state index contributed by atoms with van der Waals surface area (Å²) >= 11 is 24.9. The molecule has 1 aliphatic carbocycles. The van der Waals surface area contributed by atoms with Crippen molar-refractivity contribution in [2.45, 2.75) is 16.7 Å². The largest absolute Gasteiger partial charge is 0.326 e. The van der Waals surface area contributed by atoms with Crippen LogP contribution in [0.1, 0.15) is 33.0 Å². The normalized spacial score (nSPS) is 18.1. The van der Waals surface area contributed by atoms with Gasteiger partial charge in [0.1, 0.15) is 10.2 Å². The number of alkyl halides is 2. The Morgan fingerprint density at radius 3 is 2.26 bits per heavy atom. The lowest BCUT2D eigenvalue weighted by molar-refractivity contribution is -0.117. The molecule has 172 valence electrons. The van der Waals surface area contributed by atoms with Crippen LogP contribution in [-0.4, -0.2) is 16.0 Å². The highest BCUT2D eigenvalue weighted by molar-refractivity contribution is 6.53. The molecule has 0 bridgehead atoms. The van der Waals surface area contributed by atoms with Crippen LogP contribution < -0.4 is 5.32 Å². The lowest BCUT2D eigenvalue weighted by Crippen LogP contribution is -2.17. The fourth-order valence-corrected chi connectivity index (χ4v) is 5.25. The first kappa shape index (κ1) is 24.5. The first-order valence-corrected chi connectivity index (χ1v) is 11.6. The van der Waals surface area contributed by atoms with Crippen LogP contribution in [-0.2, 0) is 11.2 Å². The second-order valence-electron chi connectivity index (χ2n) is 7.92. The second-order valence-corrected chi connectivity index (χ2v) is 10.2. The molecule has 3 aromatic rings. The molecule has 4 rings (SSSR count). The van der Waals surface area contributed by atoms with Crippen molar-refractivity contribution in [3.05, 3.63) is 98.8 Å². The molecule has 4 nitrogen and oxygen atoms in total. The summed E-state index contributed by atoms with van der Waals surface area (Å²) in [6.45, 7) is 0. The van der Waals surface area contributed by atoms with E-state index in [0.29, 0.717) is 26.9 Å². The Morgan fingerprint density at radius 1 is 1.00 bits per heavy atom. The summed E-state index contributed by atoms with van der Waals surface area (Å²) in [7, 11) is 0. The molecule has 34 heavy (non-hydrogen) atoms. The van der Waals surface area contributed by atoms with Gasteiger partial charge in [-0.1, -0.05) is 35.3 Å². The Hall–Kier alpha value is -2.62. The zero-order chi connectivity index (χ0) is 24.6. The minimum Gasteiger partial charge on any atom is -0.326 e. The van der Waals surface area contributed by atoms with Gasteiger partial charge >= 0.3 is 0 Å². The van der Waals surface area contributed by atoms with Gasteiger partial charge in [-0.15, -0.1) is 23.2 Å². The van der Waals surface area contributed by atoms with E-state index in [2.05, 4.69) is 5.32 Å². The lowest BCUT2D eigenvalue weighted by atomic mass is 9.98. The van der Waals surface area contributed by atoms with Crippen molar-refractivity contribution in [2.24, 2.45) is 5.92 Å². The van der Waals surface area contributed by atoms with Gasteiger partial charge in [-0.25, -0.2) is 4.39 Å². The van der Waals surface area contributed by atoms with Gasteiger partial charge in [-0.2, -0.15) is 5.26 Å². The average Bonchev–Trinajstić information content (AvgIpc) is 3.36. The molecule has 1 N–H and O–H groups in total. The number of rotatable bonds is 6. The van der Waals surface area contributed by atoms with Gasteiger partial charge in [-0.05, 0) is 59.7 Å². The molecular formula is C25H15Cl4FN2O2. The van der Waals surface area contributed by atoms with Gasteiger partial charge in [0.15, 0.2) is 5.78 Å². The van der Waals surface area contributed by atoms with Crippen LogP contribution in [0.3, 0.4) is 0 Å². The van der Waals surface area contributed by atoms with E-state index in [-0.39, 0.29) is 23.3 Å². The molecule has 0 heterocycles. The minimum absolute atomic E-state index is 0.0287. The number of Topliss-reactive ketones (excluding diaryl/α,β-unsaturated/α-hetero) is 1. The molecule has 1 amide bonds. The third-order valence-corrected chi connectivity index (χ3v) is 6.94. The number of hydrogen-bond donors (Lipinski definition) is 1. The van der Waals surface area contributed by atoms with Gasteiger partial charge in [-0.3, -0.25) is 9.59 Å². The third kappa shape index (κ3) is 5.06. The zero-order valence-corrected chi connectivity index (χ0v) is 20.3. The van der Waals surface area contributed by atoms with Crippen LogP contribution in [0.5, 0.6) is 0 Å². The number of amides is 1. The number of carbonyl (C=O) groups excluding carboxylic acids is 2. The molecule has 1 saturated carbocycles. The van der Waals surface area contributed by atoms with Crippen LogP contribution in [0.4, 0.5) is 10.1 Å². The molecule has 1 aliphatic rings. The number of nitrogens with one attached hydrogen (secondary N) is 1. The SMILES string of the molecule is N#Cc1ccc(NC(=O)C2C(c3cc(Cl)cc(Cl)c3)C2(Cl)Cl)cc1C(=O)Cc1ccc(F)cc1. The third-order valence-electron chi connectivity index (χ3n) is 5.57. The van der Waals surface area contributed by atoms with Crippen molar-refractivity contribution in [1.29, 1.82) is 5.26 Å². The molecule has 0 radical (unpaired) electrons. The Bertz CT molecular complexity index is 1320. The minimum atomic E-state index is -1.36. The fourth-order valence-electron chi connectivity index (χ4n) is 3.88.